The molecular formula is C20H20N2O6. The monoisotopic (exact) mass is 384 g/mol. The molecule has 8 nitrogen and oxygen atoms in total. The quantitative estimate of drug-likeness (QED) is 0.466. The summed E-state index contributed by atoms with van der Waals surface area (Å²) in [6, 6.07) is 7.41. The lowest BCUT2D eigenvalue weighted by Gasteiger charge is -2.20. The number of benzene rings is 2. The van der Waals surface area contributed by atoms with Gasteiger partial charge in [-0.1, -0.05) is 12.1 Å². The van der Waals surface area contributed by atoms with Gasteiger partial charge in [-0.05, 0) is 43.5 Å². The maximum atomic E-state index is 12.5. The van der Waals surface area contributed by atoms with Crippen LogP contribution in [0.15, 0.2) is 30.3 Å². The van der Waals surface area contributed by atoms with E-state index in [2.05, 4.69) is 0 Å². The van der Waals surface area contributed by atoms with Crippen molar-refractivity contribution in [3.05, 3.63) is 68.3 Å². The third-order valence-electron chi connectivity index (χ3n) is 4.85. The van der Waals surface area contributed by atoms with Gasteiger partial charge in [0.05, 0.1) is 22.6 Å². The van der Waals surface area contributed by atoms with Crippen LogP contribution in [0.4, 0.5) is 5.69 Å². The molecule has 0 saturated heterocycles. The lowest BCUT2D eigenvalue weighted by Crippen LogP contribution is -2.39. The Morgan fingerprint density at radius 1 is 1.07 bits per heavy atom. The summed E-state index contributed by atoms with van der Waals surface area (Å²) in [5, 5.41) is 21.2. The topological polar surface area (TPSA) is 110 Å². The molecule has 28 heavy (non-hydrogen) atoms. The van der Waals surface area contributed by atoms with Gasteiger partial charge >= 0.3 is 0 Å². The minimum atomic E-state index is -1.10. The molecule has 0 aliphatic carbocycles. The van der Waals surface area contributed by atoms with Crippen molar-refractivity contribution in [1.29, 1.82) is 0 Å². The number of nitro groups is 1. The van der Waals surface area contributed by atoms with Crippen LogP contribution in [0.2, 0.25) is 0 Å². The molecule has 0 saturated carbocycles. The van der Waals surface area contributed by atoms with Crippen LogP contribution in [0.3, 0.4) is 0 Å². The number of nitro benzene ring substituents is 1. The highest BCUT2D eigenvalue weighted by Crippen LogP contribution is 2.28. The Hall–Kier alpha value is -3.26. The average molecular weight is 384 g/mol. The summed E-state index contributed by atoms with van der Waals surface area (Å²) in [4.78, 5) is 36.1. The number of amides is 2. The number of carbonyl (C=O) groups is 2. The first kappa shape index (κ1) is 19.5. The fourth-order valence-corrected chi connectivity index (χ4v) is 3.15. The summed E-state index contributed by atoms with van der Waals surface area (Å²) in [5.41, 5.74) is 2.73. The number of fused-ring (bicyclic) bond motifs is 1. The van der Waals surface area contributed by atoms with Gasteiger partial charge in [0.2, 0.25) is 0 Å². The summed E-state index contributed by atoms with van der Waals surface area (Å²) >= 11 is 0. The zero-order chi connectivity index (χ0) is 20.6. The van der Waals surface area contributed by atoms with Crippen molar-refractivity contribution in [1.82, 2.24) is 4.90 Å². The minimum Gasteiger partial charge on any atom is -0.490 e. The van der Waals surface area contributed by atoms with Gasteiger partial charge in [-0.2, -0.15) is 0 Å². The van der Waals surface area contributed by atoms with E-state index < -0.39 is 22.8 Å². The molecule has 8 heteroatoms. The Morgan fingerprint density at radius 2 is 1.71 bits per heavy atom. The summed E-state index contributed by atoms with van der Waals surface area (Å²) in [7, 11) is 0. The second-order valence-corrected chi connectivity index (χ2v) is 6.83. The van der Waals surface area contributed by atoms with E-state index in [1.165, 1.54) is 12.1 Å². The lowest BCUT2D eigenvalue weighted by atomic mass is 10.1. The first-order valence-electron chi connectivity index (χ1n) is 8.73. The standard InChI is InChI=1S/C20H20N2O6/c1-11-4-5-12(2)18(13(11)3)28-10-15(23)9-21-19(24)16-7-6-14(22(26)27)8-17(16)20(21)25/h4-8,15,23H,9-10H2,1-3H3/t15-/m0/s1. The van der Waals surface area contributed by atoms with Gasteiger partial charge in [-0.25, -0.2) is 0 Å². The molecule has 0 spiro atoms. The fourth-order valence-electron chi connectivity index (χ4n) is 3.15. The molecule has 0 aromatic heterocycles. The third-order valence-corrected chi connectivity index (χ3v) is 4.85. The van der Waals surface area contributed by atoms with Crippen LogP contribution < -0.4 is 4.74 Å². The molecule has 2 amide bonds. The number of imide groups is 1. The van der Waals surface area contributed by atoms with Crippen molar-refractivity contribution in [2.24, 2.45) is 0 Å². The molecule has 2 aromatic rings. The van der Waals surface area contributed by atoms with Crippen LogP contribution in [0.5, 0.6) is 5.75 Å². The molecular weight excluding hydrogens is 364 g/mol. The molecule has 3 rings (SSSR count). The number of hydrogen-bond donors (Lipinski definition) is 1. The first-order chi connectivity index (χ1) is 13.2. The van der Waals surface area contributed by atoms with Crippen LogP contribution in [-0.4, -0.2) is 46.0 Å². The van der Waals surface area contributed by atoms with Crippen molar-refractivity contribution in [3.8, 4) is 5.75 Å². The summed E-state index contributed by atoms with van der Waals surface area (Å²) < 4.78 is 5.73. The normalized spacial score (nSPS) is 14.2. The third kappa shape index (κ3) is 3.46. The molecule has 146 valence electrons. The van der Waals surface area contributed by atoms with Gasteiger partial charge in [0.15, 0.2) is 0 Å². The largest absolute Gasteiger partial charge is 0.490 e. The van der Waals surface area contributed by atoms with E-state index in [0.717, 1.165) is 27.7 Å². The molecule has 0 fully saturated rings. The van der Waals surface area contributed by atoms with Crippen molar-refractivity contribution >= 4 is 17.5 Å². The number of carbonyl (C=O) groups excluding carboxylic acids is 2. The number of β-amino-alcohol motifs (C(OH)–C–C–N with tert-alkyl or cyclic N) is 1. The highest BCUT2D eigenvalue weighted by atomic mass is 16.6. The van der Waals surface area contributed by atoms with Crippen LogP contribution in [0, 0.1) is 30.9 Å². The number of nitrogens with zero attached hydrogens (tertiary/aromatic N) is 2. The minimum absolute atomic E-state index is 0.0299. The van der Waals surface area contributed by atoms with E-state index in [1.54, 1.807) is 0 Å². The maximum Gasteiger partial charge on any atom is 0.270 e. The second-order valence-electron chi connectivity index (χ2n) is 6.83. The highest BCUT2D eigenvalue weighted by Gasteiger charge is 2.37. The zero-order valence-electron chi connectivity index (χ0n) is 15.8. The number of aryl methyl sites for hydroxylation is 2. The van der Waals surface area contributed by atoms with Crippen molar-refractivity contribution in [2.75, 3.05) is 13.2 Å². The Labute approximate surface area is 161 Å². The van der Waals surface area contributed by atoms with E-state index in [0.29, 0.717) is 5.75 Å². The van der Waals surface area contributed by atoms with Gasteiger partial charge in [0.1, 0.15) is 18.5 Å². The Bertz CT molecular complexity index is 985. The molecule has 2 aromatic carbocycles. The van der Waals surface area contributed by atoms with Crippen molar-refractivity contribution in [3.63, 3.8) is 0 Å². The zero-order valence-corrected chi connectivity index (χ0v) is 15.8. The van der Waals surface area contributed by atoms with Crippen molar-refractivity contribution < 1.29 is 24.4 Å². The van der Waals surface area contributed by atoms with E-state index in [-0.39, 0.29) is 30.0 Å². The number of aliphatic hydroxyl groups is 1. The summed E-state index contributed by atoms with van der Waals surface area (Å²) in [5.74, 6) is -0.584. The molecule has 0 unspecified atom stereocenters. The smallest absolute Gasteiger partial charge is 0.270 e. The molecule has 0 radical (unpaired) electrons. The van der Waals surface area contributed by atoms with Gasteiger partial charge in [-0.15, -0.1) is 0 Å². The van der Waals surface area contributed by atoms with Crippen LogP contribution in [0.1, 0.15) is 37.4 Å². The van der Waals surface area contributed by atoms with E-state index in [9.17, 15) is 24.8 Å². The predicted molar refractivity (Wildman–Crippen MR) is 101 cm³/mol. The summed E-state index contributed by atoms with van der Waals surface area (Å²) in [6.07, 6.45) is -1.10. The van der Waals surface area contributed by atoms with Gasteiger partial charge in [-0.3, -0.25) is 24.6 Å². The number of non-ortho nitro benzene ring substituents is 1. The average Bonchev–Trinajstić information content (AvgIpc) is 2.89. The SMILES string of the molecule is Cc1ccc(C)c(OC[C@@H](O)CN2C(=O)c3ccc([N+](=O)[O-])cc3C2=O)c1C. The Kier molecular flexibility index (Phi) is 5.15. The molecule has 1 aliphatic rings. The first-order valence-corrected chi connectivity index (χ1v) is 8.73. The van der Waals surface area contributed by atoms with Gasteiger partial charge < -0.3 is 9.84 Å². The molecule has 1 aliphatic heterocycles. The highest BCUT2D eigenvalue weighted by molar-refractivity contribution is 6.21. The number of ether oxygens (including phenoxy) is 1. The lowest BCUT2D eigenvalue weighted by molar-refractivity contribution is -0.384. The van der Waals surface area contributed by atoms with Crippen LogP contribution in [0.25, 0.3) is 0 Å². The Balaban J connectivity index is 1.70. The molecule has 1 atom stereocenters. The number of aliphatic hydroxyl groups excluding tert-OH is 1. The molecule has 1 heterocycles. The molecule has 0 bridgehead atoms. The second kappa shape index (κ2) is 7.40. The van der Waals surface area contributed by atoms with Gasteiger partial charge in [0.25, 0.3) is 17.5 Å². The van der Waals surface area contributed by atoms with E-state index in [1.807, 2.05) is 32.9 Å². The molecule has 1 N–H and O–H groups in total. The number of rotatable bonds is 6. The number of hydrogen-bond acceptors (Lipinski definition) is 6. The van der Waals surface area contributed by atoms with E-state index in [4.69, 9.17) is 4.74 Å². The van der Waals surface area contributed by atoms with E-state index >= 15 is 0 Å². The van der Waals surface area contributed by atoms with Gasteiger partial charge in [0, 0.05) is 12.1 Å². The Morgan fingerprint density at radius 3 is 2.39 bits per heavy atom. The van der Waals surface area contributed by atoms with Crippen molar-refractivity contribution in [2.45, 2.75) is 26.9 Å². The maximum absolute atomic E-state index is 12.5. The summed E-state index contributed by atoms with van der Waals surface area (Å²) in [6.45, 7) is 5.41. The fraction of sp³-hybridized carbons (Fsp3) is 0.300. The van der Waals surface area contributed by atoms with Crippen LogP contribution >= 0.6 is 0 Å². The predicted octanol–water partition coefficient (Wildman–Crippen LogP) is 2.56. The van der Waals surface area contributed by atoms with Crippen LogP contribution in [-0.2, 0) is 0 Å².